The average molecular weight is 247 g/mol. The monoisotopic (exact) mass is 247 g/mol. The Labute approximate surface area is 105 Å². The van der Waals surface area contributed by atoms with Crippen LogP contribution in [0, 0.1) is 11.8 Å². The number of nitrogens with one attached hydrogen (secondary N) is 1. The molecule has 18 heavy (non-hydrogen) atoms. The molecule has 1 amide bonds. The summed E-state index contributed by atoms with van der Waals surface area (Å²) in [5.41, 5.74) is 0.588. The number of rotatable bonds is 3. The second-order valence-electron chi connectivity index (χ2n) is 4.55. The summed E-state index contributed by atoms with van der Waals surface area (Å²) in [6, 6.07) is 3.44. The smallest absolute Gasteiger partial charge is 0.228 e. The van der Waals surface area contributed by atoms with Crippen molar-refractivity contribution in [1.82, 2.24) is 4.98 Å². The molecule has 1 fully saturated rings. The Bertz CT molecular complexity index is 433. The lowest BCUT2D eigenvalue weighted by Crippen LogP contribution is -2.42. The minimum absolute atomic E-state index is 0.253. The van der Waals surface area contributed by atoms with Crippen molar-refractivity contribution in [3.8, 4) is 0 Å². The molecule has 0 aromatic carbocycles. The summed E-state index contributed by atoms with van der Waals surface area (Å²) in [6.07, 6.45) is 6.00. The molecule has 0 radical (unpaired) electrons. The molecule has 0 aliphatic heterocycles. The highest BCUT2D eigenvalue weighted by Crippen LogP contribution is 2.30. The van der Waals surface area contributed by atoms with E-state index in [1.54, 1.807) is 18.3 Å². The van der Waals surface area contributed by atoms with Crippen molar-refractivity contribution in [3.63, 3.8) is 0 Å². The van der Waals surface area contributed by atoms with E-state index in [1.807, 2.05) is 0 Å². The maximum atomic E-state index is 12.1. The third-order valence-corrected chi connectivity index (χ3v) is 3.33. The van der Waals surface area contributed by atoms with Crippen molar-refractivity contribution in [1.29, 1.82) is 0 Å². The molecule has 1 aromatic heterocycles. The van der Waals surface area contributed by atoms with E-state index in [0.717, 1.165) is 12.8 Å². The first-order chi connectivity index (χ1) is 8.68. The van der Waals surface area contributed by atoms with E-state index >= 15 is 0 Å². The van der Waals surface area contributed by atoms with Crippen LogP contribution in [-0.2, 0) is 9.59 Å². The second kappa shape index (κ2) is 5.62. The predicted molar refractivity (Wildman–Crippen MR) is 63.3 cm³/mol. The fraction of sp³-hybridized carbons (Fsp3) is 0.462. The van der Waals surface area contributed by atoms with Gasteiger partial charge in [-0.3, -0.25) is 9.78 Å². The molecule has 1 aromatic rings. The van der Waals surface area contributed by atoms with Gasteiger partial charge in [-0.25, -0.2) is 0 Å². The van der Waals surface area contributed by atoms with Crippen molar-refractivity contribution in [3.05, 3.63) is 24.5 Å². The number of anilines is 1. The van der Waals surface area contributed by atoms with Crippen LogP contribution in [0.25, 0.3) is 0 Å². The average Bonchev–Trinajstić information content (AvgIpc) is 2.40. The molecule has 5 heteroatoms. The summed E-state index contributed by atoms with van der Waals surface area (Å²) in [5, 5.41) is 13.7. The Morgan fingerprint density at radius 2 is 2.00 bits per heavy atom. The van der Waals surface area contributed by atoms with Gasteiger partial charge in [0, 0.05) is 24.0 Å². The molecule has 0 unspecified atom stereocenters. The van der Waals surface area contributed by atoms with E-state index < -0.39 is 17.8 Å². The summed E-state index contributed by atoms with van der Waals surface area (Å²) >= 11 is 0. The molecule has 2 atom stereocenters. The van der Waals surface area contributed by atoms with E-state index in [-0.39, 0.29) is 5.91 Å². The van der Waals surface area contributed by atoms with E-state index in [9.17, 15) is 14.7 Å². The van der Waals surface area contributed by atoms with Gasteiger partial charge in [0.2, 0.25) is 5.91 Å². The summed E-state index contributed by atoms with van der Waals surface area (Å²) < 4.78 is 0. The zero-order chi connectivity index (χ0) is 13.0. The van der Waals surface area contributed by atoms with Crippen molar-refractivity contribution in [2.75, 3.05) is 5.32 Å². The zero-order valence-corrected chi connectivity index (χ0v) is 9.96. The molecule has 96 valence electrons. The van der Waals surface area contributed by atoms with Gasteiger partial charge in [0.1, 0.15) is 0 Å². The number of aromatic nitrogens is 1. The van der Waals surface area contributed by atoms with Gasteiger partial charge in [-0.05, 0) is 25.0 Å². The molecule has 1 aliphatic rings. The Morgan fingerprint density at radius 1 is 1.28 bits per heavy atom. The van der Waals surface area contributed by atoms with Crippen molar-refractivity contribution in [2.45, 2.75) is 25.7 Å². The zero-order valence-electron chi connectivity index (χ0n) is 9.96. The van der Waals surface area contributed by atoms with Crippen molar-refractivity contribution >= 4 is 17.6 Å². The molecule has 1 saturated carbocycles. The third kappa shape index (κ3) is 2.85. The molecule has 2 rings (SSSR count). The lowest BCUT2D eigenvalue weighted by atomic mass is 9.78. The highest BCUT2D eigenvalue weighted by molar-refractivity contribution is 5.94. The van der Waals surface area contributed by atoms with Crippen LogP contribution < -0.4 is 10.4 Å². The minimum Gasteiger partial charge on any atom is -0.550 e. The first-order valence-corrected chi connectivity index (χ1v) is 6.10. The molecule has 1 N–H and O–H groups in total. The normalized spacial score (nSPS) is 23.3. The Kier molecular flexibility index (Phi) is 3.92. The molecule has 5 nitrogen and oxygen atoms in total. The van der Waals surface area contributed by atoms with Gasteiger partial charge in [-0.2, -0.15) is 0 Å². The number of carbonyl (C=O) groups excluding carboxylic acids is 2. The van der Waals surface area contributed by atoms with E-state index in [1.165, 1.54) is 6.20 Å². The van der Waals surface area contributed by atoms with Gasteiger partial charge in [-0.1, -0.05) is 12.8 Å². The van der Waals surface area contributed by atoms with Crippen LogP contribution >= 0.6 is 0 Å². The highest BCUT2D eigenvalue weighted by Gasteiger charge is 2.31. The topological polar surface area (TPSA) is 82.1 Å². The van der Waals surface area contributed by atoms with E-state index in [0.29, 0.717) is 18.5 Å². The number of hydrogen-bond acceptors (Lipinski definition) is 4. The number of pyridine rings is 1. The minimum atomic E-state index is -1.12. The quantitative estimate of drug-likeness (QED) is 0.846. The van der Waals surface area contributed by atoms with Gasteiger partial charge < -0.3 is 15.2 Å². The summed E-state index contributed by atoms with van der Waals surface area (Å²) in [7, 11) is 0. The predicted octanol–water partition coefficient (Wildman–Crippen LogP) is 0.576. The first kappa shape index (κ1) is 12.5. The number of nitrogens with zero attached hydrogens (tertiary/aromatic N) is 1. The van der Waals surface area contributed by atoms with Crippen molar-refractivity contribution < 1.29 is 14.7 Å². The first-order valence-electron chi connectivity index (χ1n) is 6.10. The number of carboxylic acid groups (broad SMARTS) is 1. The number of hydrogen-bond donors (Lipinski definition) is 1. The van der Waals surface area contributed by atoms with Crippen LogP contribution in [0.3, 0.4) is 0 Å². The van der Waals surface area contributed by atoms with E-state index in [2.05, 4.69) is 10.3 Å². The molecule has 0 bridgehead atoms. The maximum Gasteiger partial charge on any atom is 0.228 e. The summed E-state index contributed by atoms with van der Waals surface area (Å²) in [4.78, 5) is 27.0. The largest absolute Gasteiger partial charge is 0.550 e. The fourth-order valence-corrected chi connectivity index (χ4v) is 2.40. The maximum absolute atomic E-state index is 12.1. The fourth-order valence-electron chi connectivity index (χ4n) is 2.40. The number of carboxylic acids is 1. The Balaban J connectivity index is 2.05. The Hall–Kier alpha value is -1.91. The van der Waals surface area contributed by atoms with Gasteiger partial charge in [0.05, 0.1) is 11.9 Å². The van der Waals surface area contributed by atoms with Gasteiger partial charge in [0.25, 0.3) is 0 Å². The van der Waals surface area contributed by atoms with Crippen LogP contribution in [0.5, 0.6) is 0 Å². The molecule has 0 saturated heterocycles. The highest BCUT2D eigenvalue weighted by atomic mass is 16.4. The molecule has 1 aliphatic carbocycles. The third-order valence-electron chi connectivity index (χ3n) is 3.33. The Morgan fingerprint density at radius 3 is 2.61 bits per heavy atom. The second-order valence-corrected chi connectivity index (χ2v) is 4.55. The summed E-state index contributed by atoms with van der Waals surface area (Å²) in [6.45, 7) is 0. The lowest BCUT2D eigenvalue weighted by Gasteiger charge is -2.31. The SMILES string of the molecule is O=C(Nc1cccnc1)[C@H]1CCCC[C@H]1C(=O)[O-]. The van der Waals surface area contributed by atoms with Crippen LogP contribution in [0.4, 0.5) is 5.69 Å². The van der Waals surface area contributed by atoms with E-state index in [4.69, 9.17) is 0 Å². The van der Waals surface area contributed by atoms with Crippen molar-refractivity contribution in [2.24, 2.45) is 11.8 Å². The molecule has 1 heterocycles. The molecule has 0 spiro atoms. The van der Waals surface area contributed by atoms with Gasteiger partial charge in [0.15, 0.2) is 0 Å². The standard InChI is InChI=1S/C13H16N2O3/c16-12(15-9-4-3-7-14-8-9)10-5-1-2-6-11(10)13(17)18/h3-4,7-8,10-11H,1-2,5-6H2,(H,15,16)(H,17,18)/p-1/t10-,11+/m0/s1. The van der Waals surface area contributed by atoms with Crippen LogP contribution in [0.2, 0.25) is 0 Å². The van der Waals surface area contributed by atoms with Crippen LogP contribution in [0.1, 0.15) is 25.7 Å². The summed E-state index contributed by atoms with van der Waals surface area (Å²) in [5.74, 6) is -2.54. The number of amides is 1. The number of carbonyl (C=O) groups is 2. The molecular formula is C13H15N2O3-. The van der Waals surface area contributed by atoms with Crippen LogP contribution in [0.15, 0.2) is 24.5 Å². The van der Waals surface area contributed by atoms with Crippen LogP contribution in [-0.4, -0.2) is 16.9 Å². The van der Waals surface area contributed by atoms with Gasteiger partial charge in [-0.15, -0.1) is 0 Å². The number of aliphatic carboxylic acids is 1. The lowest BCUT2D eigenvalue weighted by molar-refractivity contribution is -0.313. The van der Waals surface area contributed by atoms with Gasteiger partial charge >= 0.3 is 0 Å². The molecular weight excluding hydrogens is 232 g/mol.